The Morgan fingerprint density at radius 2 is 1.91 bits per heavy atom. The topological polar surface area (TPSA) is 61.5 Å². The second-order valence-electron chi connectivity index (χ2n) is 7.78. The summed E-state index contributed by atoms with van der Waals surface area (Å²) in [4.78, 5) is 2.01. The van der Waals surface area contributed by atoms with Gasteiger partial charge >= 0.3 is 6.18 Å². The highest BCUT2D eigenvalue weighted by Gasteiger charge is 2.32. The van der Waals surface area contributed by atoms with Gasteiger partial charge in [-0.3, -0.25) is 0 Å². The van der Waals surface area contributed by atoms with Crippen LogP contribution < -0.4 is 10.2 Å². The molecule has 0 amide bonds. The largest absolute Gasteiger partial charge is 0.416 e. The number of aliphatic hydroxyl groups excluding tert-OH is 1. The second-order valence-corrected chi connectivity index (χ2v) is 7.78. The number of hydrogen-bond donors (Lipinski definition) is 2. The summed E-state index contributed by atoms with van der Waals surface area (Å²) in [6.45, 7) is 1.85. The summed E-state index contributed by atoms with van der Waals surface area (Å²) in [5, 5.41) is 17.5. The van der Waals surface area contributed by atoms with E-state index >= 15 is 0 Å². The zero-order valence-electron chi connectivity index (χ0n) is 17.2. The number of hydrogen-bond acceptors (Lipinski definition) is 5. The van der Waals surface area contributed by atoms with Crippen molar-refractivity contribution < 1.29 is 27.2 Å². The van der Waals surface area contributed by atoms with Crippen molar-refractivity contribution >= 4 is 11.5 Å². The van der Waals surface area contributed by atoms with E-state index < -0.39 is 17.8 Å². The number of aliphatic hydroxyl groups is 1. The van der Waals surface area contributed by atoms with Crippen LogP contribution in [0.3, 0.4) is 0 Å². The number of nitrogens with zero attached hydrogens (tertiary/aromatic N) is 2. The van der Waals surface area contributed by atoms with Crippen LogP contribution in [-0.4, -0.2) is 29.9 Å². The Balaban J connectivity index is 1.36. The lowest BCUT2D eigenvalue weighted by Crippen LogP contribution is -2.27. The van der Waals surface area contributed by atoms with Crippen LogP contribution in [0.1, 0.15) is 36.5 Å². The summed E-state index contributed by atoms with van der Waals surface area (Å²) in [6.07, 6.45) is -3.53. The minimum absolute atomic E-state index is 0.325. The molecule has 2 N–H and O–H groups in total. The molecule has 170 valence electrons. The molecule has 9 heteroatoms. The van der Waals surface area contributed by atoms with Gasteiger partial charge in [0.1, 0.15) is 5.82 Å². The smallest absolute Gasteiger partial charge is 0.388 e. The maximum absolute atomic E-state index is 13.1. The Bertz CT molecular complexity index is 1050. The molecule has 0 fully saturated rings. The highest BCUT2D eigenvalue weighted by Crippen LogP contribution is 2.38. The fourth-order valence-electron chi connectivity index (χ4n) is 3.86. The summed E-state index contributed by atoms with van der Waals surface area (Å²) >= 11 is 0. The molecule has 0 radical (unpaired) electrons. The Labute approximate surface area is 182 Å². The molecule has 5 nitrogen and oxygen atoms in total. The standard InChI is InChI=1S/C23H23F4N3O2/c24-17-7-4-15(5-8-17)21-14-22(29-32-21)28-10-2-12-30-11-1-3-20(31)18-13-16(23(25,26)27)6-9-19(18)30/h4-9,13-14,20,31H,1-3,10-12H2,(H,28,29). The molecule has 4 rings (SSSR count). The summed E-state index contributed by atoms with van der Waals surface area (Å²) in [6, 6.07) is 11.2. The van der Waals surface area contributed by atoms with E-state index in [2.05, 4.69) is 10.5 Å². The van der Waals surface area contributed by atoms with Crippen LogP contribution in [0, 0.1) is 5.82 Å². The van der Waals surface area contributed by atoms with Gasteiger partial charge in [-0.25, -0.2) is 4.39 Å². The third kappa shape index (κ3) is 5.04. The molecule has 0 saturated heterocycles. The van der Waals surface area contributed by atoms with Gasteiger partial charge in [-0.05, 0) is 61.7 Å². The molecule has 0 bridgehead atoms. The van der Waals surface area contributed by atoms with Crippen molar-refractivity contribution in [2.24, 2.45) is 0 Å². The molecule has 2 aromatic carbocycles. The minimum atomic E-state index is -4.44. The summed E-state index contributed by atoms with van der Waals surface area (Å²) in [5.41, 5.74) is 0.931. The zero-order valence-corrected chi connectivity index (χ0v) is 17.2. The Morgan fingerprint density at radius 3 is 2.66 bits per heavy atom. The molecule has 0 saturated carbocycles. The van der Waals surface area contributed by atoms with E-state index in [-0.39, 0.29) is 5.82 Å². The van der Waals surface area contributed by atoms with E-state index in [1.54, 1.807) is 18.2 Å². The first-order chi connectivity index (χ1) is 15.3. The van der Waals surface area contributed by atoms with Gasteiger partial charge in [0.2, 0.25) is 0 Å². The van der Waals surface area contributed by atoms with Gasteiger partial charge in [0.15, 0.2) is 11.6 Å². The first-order valence-corrected chi connectivity index (χ1v) is 10.4. The Morgan fingerprint density at radius 1 is 1.12 bits per heavy atom. The molecule has 1 aliphatic rings. The van der Waals surface area contributed by atoms with Crippen molar-refractivity contribution in [2.75, 3.05) is 29.9 Å². The molecule has 1 aliphatic heterocycles. The number of anilines is 2. The van der Waals surface area contributed by atoms with E-state index in [1.807, 2.05) is 4.90 Å². The van der Waals surface area contributed by atoms with Gasteiger partial charge in [-0.2, -0.15) is 13.2 Å². The van der Waals surface area contributed by atoms with Crippen LogP contribution >= 0.6 is 0 Å². The number of fused-ring (bicyclic) bond motifs is 1. The maximum atomic E-state index is 13.1. The van der Waals surface area contributed by atoms with E-state index in [9.17, 15) is 22.7 Å². The van der Waals surface area contributed by atoms with Crippen LogP contribution in [0.15, 0.2) is 53.1 Å². The predicted molar refractivity (Wildman–Crippen MR) is 113 cm³/mol. The molecule has 1 unspecified atom stereocenters. The lowest BCUT2D eigenvalue weighted by molar-refractivity contribution is -0.137. The van der Waals surface area contributed by atoms with Crippen molar-refractivity contribution in [3.63, 3.8) is 0 Å². The summed E-state index contributed by atoms with van der Waals surface area (Å²) < 4.78 is 57.6. The molecule has 2 heterocycles. The van der Waals surface area contributed by atoms with Gasteiger partial charge < -0.3 is 19.8 Å². The van der Waals surface area contributed by atoms with Crippen LogP contribution in [0.4, 0.5) is 29.1 Å². The zero-order chi connectivity index (χ0) is 22.7. The van der Waals surface area contributed by atoms with Crippen molar-refractivity contribution in [3.05, 3.63) is 65.5 Å². The lowest BCUT2D eigenvalue weighted by Gasteiger charge is -2.26. The third-order valence-corrected chi connectivity index (χ3v) is 5.51. The first-order valence-electron chi connectivity index (χ1n) is 10.4. The van der Waals surface area contributed by atoms with E-state index in [0.717, 1.165) is 12.1 Å². The monoisotopic (exact) mass is 449 g/mol. The number of aromatic nitrogens is 1. The molecule has 1 atom stereocenters. The normalized spacial score (nSPS) is 16.5. The average molecular weight is 449 g/mol. The average Bonchev–Trinajstić information content (AvgIpc) is 3.17. The predicted octanol–water partition coefficient (Wildman–Crippen LogP) is 5.64. The van der Waals surface area contributed by atoms with Crippen LogP contribution in [-0.2, 0) is 6.18 Å². The highest BCUT2D eigenvalue weighted by molar-refractivity contribution is 5.60. The minimum Gasteiger partial charge on any atom is -0.388 e. The van der Waals surface area contributed by atoms with Crippen LogP contribution in [0.5, 0.6) is 0 Å². The summed E-state index contributed by atoms with van der Waals surface area (Å²) in [7, 11) is 0. The van der Waals surface area contributed by atoms with Gasteiger partial charge in [0, 0.05) is 42.5 Å². The second kappa shape index (κ2) is 9.20. The number of rotatable bonds is 6. The Kier molecular flexibility index (Phi) is 6.36. The fourth-order valence-corrected chi connectivity index (χ4v) is 3.86. The first kappa shape index (κ1) is 22.1. The van der Waals surface area contributed by atoms with E-state index in [0.29, 0.717) is 67.3 Å². The van der Waals surface area contributed by atoms with E-state index in [4.69, 9.17) is 4.52 Å². The quantitative estimate of drug-likeness (QED) is 0.377. The maximum Gasteiger partial charge on any atom is 0.416 e. The summed E-state index contributed by atoms with van der Waals surface area (Å²) in [5.74, 6) is 0.734. The van der Waals surface area contributed by atoms with Crippen LogP contribution in [0.25, 0.3) is 11.3 Å². The number of nitrogens with one attached hydrogen (secondary N) is 1. The number of halogens is 4. The lowest BCUT2D eigenvalue weighted by atomic mass is 10.0. The molecular formula is C23H23F4N3O2. The highest BCUT2D eigenvalue weighted by atomic mass is 19.4. The van der Waals surface area contributed by atoms with Gasteiger partial charge in [0.05, 0.1) is 11.7 Å². The van der Waals surface area contributed by atoms with Gasteiger partial charge in [0.25, 0.3) is 0 Å². The molecular weight excluding hydrogens is 426 g/mol. The third-order valence-electron chi connectivity index (χ3n) is 5.51. The van der Waals surface area contributed by atoms with Crippen LogP contribution in [0.2, 0.25) is 0 Å². The van der Waals surface area contributed by atoms with Gasteiger partial charge in [-0.1, -0.05) is 5.16 Å². The Hall–Kier alpha value is -3.07. The molecule has 32 heavy (non-hydrogen) atoms. The number of alkyl halides is 3. The number of benzene rings is 2. The van der Waals surface area contributed by atoms with Crippen molar-refractivity contribution in [1.29, 1.82) is 0 Å². The van der Waals surface area contributed by atoms with E-state index in [1.165, 1.54) is 18.2 Å². The molecule has 0 spiro atoms. The van der Waals surface area contributed by atoms with Crippen molar-refractivity contribution in [2.45, 2.75) is 31.5 Å². The molecule has 3 aromatic rings. The van der Waals surface area contributed by atoms with Crippen molar-refractivity contribution in [1.82, 2.24) is 5.16 Å². The SMILES string of the molecule is OC1CCCN(CCCNc2cc(-c3ccc(F)cc3)on2)c2ccc(C(F)(F)F)cc21. The molecule has 0 aliphatic carbocycles. The van der Waals surface area contributed by atoms with Crippen molar-refractivity contribution in [3.8, 4) is 11.3 Å². The molecule has 1 aromatic heterocycles. The van der Waals surface area contributed by atoms with Gasteiger partial charge in [-0.15, -0.1) is 0 Å². The fraction of sp³-hybridized carbons (Fsp3) is 0.348.